The molecule has 0 spiro atoms. The zero-order valence-electron chi connectivity index (χ0n) is 11.4. The number of hydrogen-bond acceptors (Lipinski definition) is 6. The van der Waals surface area contributed by atoms with E-state index in [-0.39, 0.29) is 29.6 Å². The summed E-state index contributed by atoms with van der Waals surface area (Å²) in [4.78, 5) is 10.00. The van der Waals surface area contributed by atoms with Gasteiger partial charge in [-0.1, -0.05) is 0 Å². The summed E-state index contributed by atoms with van der Waals surface area (Å²) >= 11 is 0. The van der Waals surface area contributed by atoms with Crippen molar-refractivity contribution in [3.8, 4) is 5.75 Å². The van der Waals surface area contributed by atoms with Crippen LogP contribution in [0.5, 0.6) is 5.75 Å². The fourth-order valence-corrected chi connectivity index (χ4v) is 2.63. The molecule has 0 radical (unpaired) electrons. The van der Waals surface area contributed by atoms with Crippen molar-refractivity contribution >= 4 is 28.1 Å². The van der Waals surface area contributed by atoms with Gasteiger partial charge in [0.15, 0.2) is 5.75 Å². The van der Waals surface area contributed by atoms with Crippen LogP contribution >= 0.6 is 12.4 Å². The van der Waals surface area contributed by atoms with E-state index in [0.717, 1.165) is 6.07 Å². The largest absolute Gasteiger partial charge is 0.490 e. The average molecular weight is 340 g/mol. The molecule has 0 bridgehead atoms. The minimum atomic E-state index is -3.77. The lowest BCUT2D eigenvalue weighted by Crippen LogP contribution is -2.25. The van der Waals surface area contributed by atoms with Crippen LogP contribution in [0.15, 0.2) is 23.1 Å². The van der Waals surface area contributed by atoms with Crippen LogP contribution in [-0.2, 0) is 10.0 Å². The first-order valence-corrected chi connectivity index (χ1v) is 7.43. The molecule has 0 atom stereocenters. The molecule has 1 aromatic rings. The Morgan fingerprint density at radius 1 is 1.38 bits per heavy atom. The second kappa shape index (κ2) is 8.78. The Kier molecular flexibility index (Phi) is 8.18. The summed E-state index contributed by atoms with van der Waals surface area (Å²) in [5.74, 6) is 0.0112. The molecule has 3 N–H and O–H groups in total. The van der Waals surface area contributed by atoms with Gasteiger partial charge in [-0.05, 0) is 31.5 Å². The van der Waals surface area contributed by atoms with Gasteiger partial charge >= 0.3 is 5.69 Å². The van der Waals surface area contributed by atoms with Crippen molar-refractivity contribution in [3.05, 3.63) is 28.3 Å². The molecule has 120 valence electrons. The average Bonchev–Trinajstić information content (AvgIpc) is 2.42. The number of benzene rings is 1. The minimum Gasteiger partial charge on any atom is -0.490 e. The third-order valence-corrected chi connectivity index (χ3v) is 4.04. The Balaban J connectivity index is 0.00000400. The molecule has 1 aromatic carbocycles. The molecule has 0 saturated carbocycles. The van der Waals surface area contributed by atoms with Gasteiger partial charge in [0.2, 0.25) is 10.0 Å². The molecule has 0 unspecified atom stereocenters. The van der Waals surface area contributed by atoms with E-state index in [9.17, 15) is 18.5 Å². The number of nitro groups is 1. The molecule has 0 aliphatic heterocycles. The smallest absolute Gasteiger partial charge is 0.312 e. The predicted molar refractivity (Wildman–Crippen MR) is 80.4 cm³/mol. The highest BCUT2D eigenvalue weighted by Crippen LogP contribution is 2.29. The topological polar surface area (TPSA) is 125 Å². The predicted octanol–water partition coefficient (Wildman–Crippen LogP) is 1.04. The second-order valence-corrected chi connectivity index (χ2v) is 5.75. The first-order valence-electron chi connectivity index (χ1n) is 5.94. The standard InChI is InChI=1S/C11H17N3O5S.ClH/c1-19-11-5-4-9(8-10(11)14(15)16)20(17,18)13-7-3-2-6-12;/h4-5,8,13H,2-3,6-7,12H2,1H3;1H. The number of ether oxygens (including phenoxy) is 1. The van der Waals surface area contributed by atoms with Crippen LogP contribution in [0.1, 0.15) is 12.8 Å². The van der Waals surface area contributed by atoms with Crippen LogP contribution in [0.3, 0.4) is 0 Å². The Labute approximate surface area is 129 Å². The summed E-state index contributed by atoms with van der Waals surface area (Å²) < 4.78 is 31.1. The Bertz CT molecular complexity index is 579. The number of unbranched alkanes of at least 4 members (excludes halogenated alkanes) is 1. The van der Waals surface area contributed by atoms with Crippen molar-refractivity contribution in [2.75, 3.05) is 20.2 Å². The van der Waals surface area contributed by atoms with Gasteiger partial charge in [0.1, 0.15) is 0 Å². The molecule has 10 heteroatoms. The van der Waals surface area contributed by atoms with E-state index in [1.54, 1.807) is 0 Å². The maximum atomic E-state index is 12.0. The monoisotopic (exact) mass is 339 g/mol. The van der Waals surface area contributed by atoms with Crippen LogP contribution in [0.2, 0.25) is 0 Å². The Morgan fingerprint density at radius 3 is 2.57 bits per heavy atom. The van der Waals surface area contributed by atoms with Crippen molar-refractivity contribution < 1.29 is 18.1 Å². The van der Waals surface area contributed by atoms with Gasteiger partial charge < -0.3 is 10.5 Å². The van der Waals surface area contributed by atoms with Gasteiger partial charge in [-0.2, -0.15) is 0 Å². The number of rotatable bonds is 8. The molecule has 0 saturated heterocycles. The van der Waals surface area contributed by atoms with Crippen molar-refractivity contribution in [1.82, 2.24) is 4.72 Å². The number of nitro benzene ring substituents is 1. The lowest BCUT2D eigenvalue weighted by atomic mass is 10.3. The maximum Gasteiger partial charge on any atom is 0.312 e. The van der Waals surface area contributed by atoms with Crippen molar-refractivity contribution in [1.29, 1.82) is 0 Å². The van der Waals surface area contributed by atoms with Crippen LogP contribution < -0.4 is 15.2 Å². The number of methoxy groups -OCH3 is 1. The van der Waals surface area contributed by atoms with Crippen LogP contribution in [0, 0.1) is 10.1 Å². The first-order chi connectivity index (χ1) is 9.42. The molecule has 0 aliphatic carbocycles. The fourth-order valence-electron chi connectivity index (χ4n) is 1.54. The first kappa shape index (κ1) is 19.6. The summed E-state index contributed by atoms with van der Waals surface area (Å²) in [5, 5.41) is 10.9. The quantitative estimate of drug-likeness (QED) is 0.414. The summed E-state index contributed by atoms with van der Waals surface area (Å²) in [5.41, 5.74) is 4.92. The van der Waals surface area contributed by atoms with E-state index in [1.807, 2.05) is 0 Å². The van der Waals surface area contributed by atoms with E-state index in [0.29, 0.717) is 19.4 Å². The summed E-state index contributed by atoms with van der Waals surface area (Å²) in [6.45, 7) is 0.717. The van der Waals surface area contributed by atoms with Gasteiger partial charge in [0.25, 0.3) is 0 Å². The summed E-state index contributed by atoms with van der Waals surface area (Å²) in [6, 6.07) is 3.49. The third-order valence-electron chi connectivity index (χ3n) is 2.58. The number of nitrogens with zero attached hydrogens (tertiary/aromatic N) is 1. The van der Waals surface area contributed by atoms with E-state index in [4.69, 9.17) is 10.5 Å². The van der Waals surface area contributed by atoms with Gasteiger partial charge in [0, 0.05) is 12.6 Å². The van der Waals surface area contributed by atoms with Crippen LogP contribution in [-0.4, -0.2) is 33.5 Å². The van der Waals surface area contributed by atoms with Crippen molar-refractivity contribution in [3.63, 3.8) is 0 Å². The zero-order chi connectivity index (χ0) is 15.2. The molecule has 1 rings (SSSR count). The highest BCUT2D eigenvalue weighted by atomic mass is 35.5. The van der Waals surface area contributed by atoms with Crippen molar-refractivity contribution in [2.45, 2.75) is 17.7 Å². The van der Waals surface area contributed by atoms with E-state index in [2.05, 4.69) is 4.72 Å². The van der Waals surface area contributed by atoms with E-state index >= 15 is 0 Å². The lowest BCUT2D eigenvalue weighted by Gasteiger charge is -2.07. The van der Waals surface area contributed by atoms with E-state index < -0.39 is 20.6 Å². The third kappa shape index (κ3) is 5.46. The molecule has 21 heavy (non-hydrogen) atoms. The second-order valence-electron chi connectivity index (χ2n) is 3.98. The number of nitrogens with one attached hydrogen (secondary N) is 1. The molecule has 0 amide bonds. The number of halogens is 1. The molecule has 0 aliphatic rings. The molecule has 0 heterocycles. The van der Waals surface area contributed by atoms with E-state index in [1.165, 1.54) is 19.2 Å². The maximum absolute atomic E-state index is 12.0. The fraction of sp³-hybridized carbons (Fsp3) is 0.455. The summed E-state index contributed by atoms with van der Waals surface area (Å²) in [6.07, 6.45) is 1.30. The number of sulfonamides is 1. The molecular weight excluding hydrogens is 322 g/mol. The van der Waals surface area contributed by atoms with Crippen molar-refractivity contribution in [2.24, 2.45) is 5.73 Å². The lowest BCUT2D eigenvalue weighted by molar-refractivity contribution is -0.386. The molecular formula is C11H18ClN3O5S. The SMILES string of the molecule is COc1ccc(S(=O)(=O)NCCCCN)cc1[N+](=O)[O-].Cl. The highest BCUT2D eigenvalue weighted by Gasteiger charge is 2.21. The van der Waals surface area contributed by atoms with Crippen LogP contribution in [0.4, 0.5) is 5.69 Å². The Hall–Kier alpha value is -1.42. The Morgan fingerprint density at radius 2 is 2.05 bits per heavy atom. The van der Waals surface area contributed by atoms with Gasteiger partial charge in [0.05, 0.1) is 16.9 Å². The number of hydrogen-bond donors (Lipinski definition) is 2. The molecule has 0 fully saturated rings. The molecule has 8 nitrogen and oxygen atoms in total. The zero-order valence-corrected chi connectivity index (χ0v) is 13.1. The van der Waals surface area contributed by atoms with Gasteiger partial charge in [-0.3, -0.25) is 10.1 Å². The minimum absolute atomic E-state index is 0. The van der Waals surface area contributed by atoms with Gasteiger partial charge in [-0.25, -0.2) is 13.1 Å². The van der Waals surface area contributed by atoms with Crippen LogP contribution in [0.25, 0.3) is 0 Å². The molecule has 0 aromatic heterocycles. The number of nitrogens with two attached hydrogens (primary N) is 1. The summed E-state index contributed by atoms with van der Waals surface area (Å²) in [7, 11) is -2.49. The van der Waals surface area contributed by atoms with Gasteiger partial charge in [-0.15, -0.1) is 12.4 Å². The normalized spacial score (nSPS) is 10.8. The highest BCUT2D eigenvalue weighted by molar-refractivity contribution is 7.89.